The molecule has 21 heteroatoms. The summed E-state index contributed by atoms with van der Waals surface area (Å²) < 4.78 is 50.9. The third-order valence-electron chi connectivity index (χ3n) is 12.2. The number of carbonyl (C=O) groups is 1. The Bertz CT molecular complexity index is 3250. The van der Waals surface area contributed by atoms with E-state index in [9.17, 15) is 21.6 Å². The number of aromatic nitrogens is 2. The molecule has 2 heterocycles. The first-order valence-electron chi connectivity index (χ1n) is 25.7. The molecule has 0 bridgehead atoms. The highest BCUT2D eigenvalue weighted by Gasteiger charge is 2.22. The summed E-state index contributed by atoms with van der Waals surface area (Å²) in [4.78, 5) is 24.0. The van der Waals surface area contributed by atoms with Gasteiger partial charge in [0.15, 0.2) is 10.3 Å². The van der Waals surface area contributed by atoms with E-state index >= 15 is 0 Å². The molecule has 2 amide bonds. The molecule has 0 unspecified atom stereocenters. The minimum atomic E-state index is -3.37. The second-order valence-corrected chi connectivity index (χ2v) is 27.1. The zero-order valence-corrected chi connectivity index (χ0v) is 51.5. The number of hydrogen-bond donors (Lipinski definition) is 5. The van der Waals surface area contributed by atoms with Crippen LogP contribution in [0, 0.1) is 0 Å². The number of urea groups is 1. The maximum absolute atomic E-state index is 13.5. The highest BCUT2D eigenvalue weighted by Crippen LogP contribution is 2.37. The van der Waals surface area contributed by atoms with Crippen LogP contribution in [0.2, 0.25) is 8.67 Å². The number of thioether (sulfide) groups is 2. The van der Waals surface area contributed by atoms with Crippen molar-refractivity contribution < 1.29 is 21.6 Å². The van der Waals surface area contributed by atoms with E-state index in [1.165, 1.54) is 57.1 Å². The summed E-state index contributed by atoms with van der Waals surface area (Å²) in [6.07, 6.45) is 10.5. The number of nitrogens with zero attached hydrogens (tertiary/aromatic N) is 3. The first kappa shape index (κ1) is 63.6. The zero-order valence-electron chi connectivity index (χ0n) is 45.1. The lowest BCUT2D eigenvalue weighted by Crippen LogP contribution is -2.37. The number of sulfonamides is 2. The number of carbonyl (C=O) groups excluding carboxylic acids is 1. The van der Waals surface area contributed by atoms with Gasteiger partial charge in [-0.15, -0.1) is 0 Å². The van der Waals surface area contributed by atoms with Crippen molar-refractivity contribution in [3.63, 3.8) is 0 Å². The largest absolute Gasteiger partial charge is 0.375 e. The molecule has 0 aliphatic carbocycles. The smallest absolute Gasteiger partial charge is 0.323 e. The highest BCUT2D eigenvalue weighted by molar-refractivity contribution is 7.98. The molecule has 8 rings (SSSR count). The number of thiazole rings is 2. The average Bonchev–Trinajstić information content (AvgIpc) is 4.02. The van der Waals surface area contributed by atoms with Crippen molar-refractivity contribution in [3.05, 3.63) is 201 Å². The predicted molar refractivity (Wildman–Crippen MR) is 345 cm³/mol. The SMILES string of the molecule is CS(=O)(=O)Nc1ccc(-c2nc(N)sc2Cl)cc1.CSCCCN(CCC(c1ccccc1)c1ccccc1)C(=O)Nc1nc(-c2ccc(NS(C)(=O)=O)cc2)c(Cl)s1.CSCCCNCCC(c1ccccc1)c1ccccc1. The highest BCUT2D eigenvalue weighted by atomic mass is 35.5. The Morgan fingerprint density at radius 1 is 0.562 bits per heavy atom. The number of rotatable bonds is 25. The van der Waals surface area contributed by atoms with Gasteiger partial charge in [0.25, 0.3) is 0 Å². The quantitative estimate of drug-likeness (QED) is 0.0343. The number of nitrogens with one attached hydrogen (secondary N) is 4. The molecule has 0 atom stereocenters. The third kappa shape index (κ3) is 21.7. The summed E-state index contributed by atoms with van der Waals surface area (Å²) in [6.45, 7) is 3.40. The number of nitrogen functional groups attached to an aromatic ring is 1. The van der Waals surface area contributed by atoms with Gasteiger partial charge in [0.1, 0.15) is 20.1 Å². The van der Waals surface area contributed by atoms with Crippen LogP contribution in [0.1, 0.15) is 59.8 Å². The summed E-state index contributed by atoms with van der Waals surface area (Å²) >= 11 is 18.6. The molecule has 13 nitrogen and oxygen atoms in total. The number of halogens is 2. The first-order valence-corrected chi connectivity index (χ1v) is 34.6. The van der Waals surface area contributed by atoms with Gasteiger partial charge in [-0.1, -0.05) is 191 Å². The Kier molecular flexibility index (Phi) is 26.0. The van der Waals surface area contributed by atoms with Gasteiger partial charge in [0, 0.05) is 47.4 Å². The fourth-order valence-electron chi connectivity index (χ4n) is 8.52. The fourth-order valence-corrected chi connectivity index (χ4v) is 12.5. The Hall–Kier alpha value is -5.61. The molecule has 424 valence electrons. The van der Waals surface area contributed by atoms with Gasteiger partial charge < -0.3 is 16.0 Å². The maximum Gasteiger partial charge on any atom is 0.323 e. The number of nitrogens with two attached hydrogens (primary N) is 1. The van der Waals surface area contributed by atoms with Crippen molar-refractivity contribution in [1.29, 1.82) is 0 Å². The number of hydrogen-bond acceptors (Lipinski definition) is 13. The Morgan fingerprint density at radius 2 is 0.975 bits per heavy atom. The lowest BCUT2D eigenvalue weighted by molar-refractivity contribution is 0.210. The molecule has 0 fully saturated rings. The van der Waals surface area contributed by atoms with Crippen LogP contribution in [0.15, 0.2) is 170 Å². The summed E-state index contributed by atoms with van der Waals surface area (Å²) in [6, 6.07) is 55.8. The van der Waals surface area contributed by atoms with E-state index in [4.69, 9.17) is 28.9 Å². The standard InChI is InChI=1S/C30H33ClN4O3S3.C19H25NS.C10H10ClN3O2S2/c1-39-21-9-19-35(20-18-26(22-10-5-3-6-11-22)23-12-7-4-8-13-23)30(36)33-29-32-27(28(31)40-29)24-14-16-25(17-15-24)34-41(2,37)38;1-21-16-8-14-20-15-13-19(17-9-4-2-5-10-17)18-11-6-3-7-12-18;1-18(15,16)14-7-4-2-6(3-5-7)8-9(11)17-10(12)13-8/h3-8,10-17,26,34H,9,18-21H2,1-2H3,(H,32,33,36);2-7,9-12,19-20H,8,13-16H2,1H3;2-5,14H,1H3,(H2,12,13). The van der Waals surface area contributed by atoms with E-state index in [0.29, 0.717) is 60.7 Å². The van der Waals surface area contributed by atoms with Crippen molar-refractivity contribution in [2.75, 3.05) is 83.2 Å². The normalized spacial score (nSPS) is 11.3. The van der Waals surface area contributed by atoms with Gasteiger partial charge in [0.05, 0.1) is 12.5 Å². The van der Waals surface area contributed by atoms with Crippen LogP contribution in [-0.4, -0.2) is 100 Å². The molecular weight excluding hydrogens is 1160 g/mol. The van der Waals surface area contributed by atoms with Gasteiger partial charge in [-0.25, -0.2) is 31.6 Å². The molecule has 0 saturated heterocycles. The van der Waals surface area contributed by atoms with E-state index in [-0.39, 0.29) is 11.9 Å². The number of benzene rings is 6. The zero-order chi connectivity index (χ0) is 57.3. The maximum atomic E-state index is 13.5. The van der Waals surface area contributed by atoms with Crippen LogP contribution in [0.25, 0.3) is 22.5 Å². The summed E-state index contributed by atoms with van der Waals surface area (Å²) in [5.74, 6) is 2.85. The molecule has 0 aliphatic heterocycles. The van der Waals surface area contributed by atoms with E-state index in [1.807, 2.05) is 53.1 Å². The van der Waals surface area contributed by atoms with Gasteiger partial charge in [-0.3, -0.25) is 14.8 Å². The summed E-state index contributed by atoms with van der Waals surface area (Å²) in [5.41, 5.74) is 14.4. The molecule has 6 aromatic carbocycles. The van der Waals surface area contributed by atoms with E-state index in [0.717, 1.165) is 61.7 Å². The van der Waals surface area contributed by atoms with Gasteiger partial charge >= 0.3 is 6.03 Å². The molecule has 0 saturated carbocycles. The Morgan fingerprint density at radius 3 is 1.39 bits per heavy atom. The van der Waals surface area contributed by atoms with E-state index in [2.05, 4.69) is 127 Å². The molecule has 8 aromatic rings. The van der Waals surface area contributed by atoms with Crippen LogP contribution in [0.5, 0.6) is 0 Å². The Balaban J connectivity index is 0.000000219. The van der Waals surface area contributed by atoms with Crippen molar-refractivity contribution in [2.45, 2.75) is 37.5 Å². The van der Waals surface area contributed by atoms with E-state index < -0.39 is 20.0 Å². The second-order valence-electron chi connectivity index (χ2n) is 18.4. The van der Waals surface area contributed by atoms with Crippen LogP contribution < -0.4 is 25.8 Å². The summed E-state index contributed by atoms with van der Waals surface area (Å²) in [5, 5.41) is 7.34. The monoisotopic (exact) mass is 1230 g/mol. The molecule has 2 aromatic heterocycles. The molecular formula is C59H68Cl2N8O5S6. The van der Waals surface area contributed by atoms with Crippen molar-refractivity contribution in [2.24, 2.45) is 0 Å². The number of anilines is 4. The minimum absolute atomic E-state index is 0.161. The minimum Gasteiger partial charge on any atom is -0.375 e. The average molecular weight is 1230 g/mol. The lowest BCUT2D eigenvalue weighted by atomic mass is 9.88. The van der Waals surface area contributed by atoms with Crippen LogP contribution in [0.4, 0.5) is 26.4 Å². The van der Waals surface area contributed by atoms with E-state index in [1.54, 1.807) is 60.3 Å². The van der Waals surface area contributed by atoms with Crippen molar-refractivity contribution in [1.82, 2.24) is 20.2 Å². The topological polar surface area (TPSA) is 189 Å². The van der Waals surface area contributed by atoms with Gasteiger partial charge in [-0.05, 0) is 109 Å². The van der Waals surface area contributed by atoms with Crippen molar-refractivity contribution >= 4 is 117 Å². The molecule has 0 aliphatic rings. The van der Waals surface area contributed by atoms with Gasteiger partial charge in [0.2, 0.25) is 20.0 Å². The second kappa shape index (κ2) is 32.7. The van der Waals surface area contributed by atoms with Crippen LogP contribution >= 0.6 is 69.4 Å². The number of amides is 2. The molecule has 6 N–H and O–H groups in total. The van der Waals surface area contributed by atoms with Crippen LogP contribution in [0.3, 0.4) is 0 Å². The lowest BCUT2D eigenvalue weighted by Gasteiger charge is -2.26. The molecule has 0 spiro atoms. The first-order chi connectivity index (χ1) is 38.5. The molecule has 80 heavy (non-hydrogen) atoms. The third-order valence-corrected chi connectivity index (χ3v) is 17.1. The van der Waals surface area contributed by atoms with Gasteiger partial charge in [-0.2, -0.15) is 23.5 Å². The molecule has 0 radical (unpaired) electrons. The fraction of sp³-hybridized carbons (Fsp3) is 0.271. The van der Waals surface area contributed by atoms with Crippen molar-refractivity contribution in [3.8, 4) is 22.5 Å². The Labute approximate surface area is 499 Å². The predicted octanol–water partition coefficient (Wildman–Crippen LogP) is 14.6. The summed E-state index contributed by atoms with van der Waals surface area (Å²) in [7, 11) is -6.64. The van der Waals surface area contributed by atoms with Crippen LogP contribution in [-0.2, 0) is 20.0 Å².